The standard InChI is InChI=1S/C11H17N3O4/c15-8-7-12-3-5-13(6-4-12)9-10-1-2-11(18-10)14(16)17/h1-2,15H,3-9H2. The Hall–Kier alpha value is -1.44. The molecule has 7 heteroatoms. The Balaban J connectivity index is 1.82. The van der Waals surface area contributed by atoms with E-state index in [1.807, 2.05) is 0 Å². The lowest BCUT2D eigenvalue weighted by atomic mass is 10.3. The molecule has 0 atom stereocenters. The van der Waals surface area contributed by atoms with Gasteiger partial charge in [0.15, 0.2) is 0 Å². The lowest BCUT2D eigenvalue weighted by molar-refractivity contribution is -0.402. The van der Waals surface area contributed by atoms with Crippen LogP contribution < -0.4 is 0 Å². The van der Waals surface area contributed by atoms with Crippen LogP contribution in [0.25, 0.3) is 0 Å². The van der Waals surface area contributed by atoms with Crippen LogP contribution in [0.2, 0.25) is 0 Å². The van der Waals surface area contributed by atoms with Gasteiger partial charge in [0.2, 0.25) is 0 Å². The monoisotopic (exact) mass is 255 g/mol. The molecular weight excluding hydrogens is 238 g/mol. The topological polar surface area (TPSA) is 83.0 Å². The summed E-state index contributed by atoms with van der Waals surface area (Å²) in [4.78, 5) is 14.4. The highest BCUT2D eigenvalue weighted by Gasteiger charge is 2.19. The van der Waals surface area contributed by atoms with Crippen molar-refractivity contribution in [3.63, 3.8) is 0 Å². The lowest BCUT2D eigenvalue weighted by Crippen LogP contribution is -2.46. The molecule has 0 saturated carbocycles. The van der Waals surface area contributed by atoms with Crippen LogP contribution in [-0.2, 0) is 6.54 Å². The predicted octanol–water partition coefficient (Wildman–Crippen LogP) is 0.298. The van der Waals surface area contributed by atoms with Gasteiger partial charge < -0.3 is 9.52 Å². The van der Waals surface area contributed by atoms with Crippen molar-refractivity contribution in [3.8, 4) is 0 Å². The Morgan fingerprint density at radius 1 is 1.28 bits per heavy atom. The fraction of sp³-hybridized carbons (Fsp3) is 0.636. The third-order valence-electron chi connectivity index (χ3n) is 3.09. The molecule has 18 heavy (non-hydrogen) atoms. The molecule has 1 aromatic rings. The average Bonchev–Trinajstić information content (AvgIpc) is 2.81. The highest BCUT2D eigenvalue weighted by molar-refractivity contribution is 5.17. The van der Waals surface area contributed by atoms with Gasteiger partial charge in [0.05, 0.1) is 19.2 Å². The van der Waals surface area contributed by atoms with Gasteiger partial charge in [-0.15, -0.1) is 0 Å². The number of nitrogens with zero attached hydrogens (tertiary/aromatic N) is 3. The lowest BCUT2D eigenvalue weighted by Gasteiger charge is -2.33. The highest BCUT2D eigenvalue weighted by atomic mass is 16.6. The highest BCUT2D eigenvalue weighted by Crippen LogP contribution is 2.17. The summed E-state index contributed by atoms with van der Waals surface area (Å²) in [5, 5.41) is 19.3. The van der Waals surface area contributed by atoms with E-state index in [0.717, 1.165) is 26.2 Å². The largest absolute Gasteiger partial charge is 0.433 e. The summed E-state index contributed by atoms with van der Waals surface area (Å²) in [5.41, 5.74) is 0. The molecule has 0 unspecified atom stereocenters. The molecule has 1 fully saturated rings. The van der Waals surface area contributed by atoms with Crippen molar-refractivity contribution in [2.75, 3.05) is 39.3 Å². The SMILES string of the molecule is O=[N+]([O-])c1ccc(CN2CCN(CCO)CC2)o1. The normalized spacial score (nSPS) is 18.1. The van der Waals surface area contributed by atoms with E-state index in [1.54, 1.807) is 6.07 Å². The van der Waals surface area contributed by atoms with E-state index in [0.29, 0.717) is 18.8 Å². The minimum absolute atomic E-state index is 0.185. The van der Waals surface area contributed by atoms with Crippen molar-refractivity contribution in [2.45, 2.75) is 6.54 Å². The smallest absolute Gasteiger partial charge is 0.404 e. The fourth-order valence-electron chi connectivity index (χ4n) is 2.08. The minimum atomic E-state index is -0.525. The van der Waals surface area contributed by atoms with Crippen LogP contribution in [0.1, 0.15) is 5.76 Å². The number of hydrogen-bond acceptors (Lipinski definition) is 6. The van der Waals surface area contributed by atoms with E-state index in [2.05, 4.69) is 9.80 Å². The van der Waals surface area contributed by atoms with E-state index in [9.17, 15) is 10.1 Å². The molecule has 1 saturated heterocycles. The van der Waals surface area contributed by atoms with E-state index in [1.165, 1.54) is 6.07 Å². The molecule has 2 rings (SSSR count). The molecule has 1 aromatic heterocycles. The van der Waals surface area contributed by atoms with Gasteiger partial charge in [-0.05, 0) is 6.07 Å². The van der Waals surface area contributed by atoms with Gasteiger partial charge >= 0.3 is 5.88 Å². The summed E-state index contributed by atoms with van der Waals surface area (Å²) in [6.07, 6.45) is 0. The number of piperazine rings is 1. The number of rotatable bonds is 5. The van der Waals surface area contributed by atoms with Gasteiger partial charge in [0, 0.05) is 32.7 Å². The molecule has 1 aliphatic heterocycles. The first kappa shape index (κ1) is 13.0. The Kier molecular flexibility index (Phi) is 4.29. The van der Waals surface area contributed by atoms with Crippen molar-refractivity contribution in [2.24, 2.45) is 0 Å². The quantitative estimate of drug-likeness (QED) is 0.601. The maximum atomic E-state index is 10.5. The van der Waals surface area contributed by atoms with Gasteiger partial charge in [0.1, 0.15) is 10.7 Å². The van der Waals surface area contributed by atoms with Crippen LogP contribution in [0.15, 0.2) is 16.5 Å². The first-order valence-corrected chi connectivity index (χ1v) is 5.97. The van der Waals surface area contributed by atoms with E-state index in [4.69, 9.17) is 9.52 Å². The molecule has 0 aromatic carbocycles. The van der Waals surface area contributed by atoms with Crippen LogP contribution in [0.3, 0.4) is 0 Å². The number of hydrogen-bond donors (Lipinski definition) is 1. The molecule has 1 aliphatic rings. The van der Waals surface area contributed by atoms with Crippen molar-refractivity contribution in [1.29, 1.82) is 0 Å². The van der Waals surface area contributed by atoms with Gasteiger partial charge in [-0.2, -0.15) is 0 Å². The second-order valence-corrected chi connectivity index (χ2v) is 4.34. The summed E-state index contributed by atoms with van der Waals surface area (Å²) < 4.78 is 5.13. The van der Waals surface area contributed by atoms with Gasteiger partial charge in [-0.25, -0.2) is 0 Å². The first-order chi connectivity index (χ1) is 8.69. The van der Waals surface area contributed by atoms with Crippen LogP contribution >= 0.6 is 0 Å². The van der Waals surface area contributed by atoms with Gasteiger partial charge in [0.25, 0.3) is 0 Å². The Morgan fingerprint density at radius 2 is 1.94 bits per heavy atom. The maximum absolute atomic E-state index is 10.5. The second-order valence-electron chi connectivity index (χ2n) is 4.34. The predicted molar refractivity (Wildman–Crippen MR) is 64.2 cm³/mol. The zero-order valence-electron chi connectivity index (χ0n) is 10.1. The van der Waals surface area contributed by atoms with Crippen molar-refractivity contribution in [1.82, 2.24) is 9.80 Å². The molecule has 0 bridgehead atoms. The number of nitro groups is 1. The molecular formula is C11H17N3O4. The fourth-order valence-corrected chi connectivity index (χ4v) is 2.08. The summed E-state index contributed by atoms with van der Waals surface area (Å²) in [6, 6.07) is 3.04. The molecule has 1 N–H and O–H groups in total. The molecule has 100 valence electrons. The molecule has 0 radical (unpaired) electrons. The summed E-state index contributed by atoms with van der Waals surface area (Å²) in [7, 11) is 0. The molecule has 7 nitrogen and oxygen atoms in total. The average molecular weight is 255 g/mol. The molecule has 0 spiro atoms. The Labute approximate surface area is 105 Å². The van der Waals surface area contributed by atoms with E-state index >= 15 is 0 Å². The number of furan rings is 1. The van der Waals surface area contributed by atoms with Gasteiger partial charge in [-0.3, -0.25) is 19.9 Å². The zero-order valence-corrected chi connectivity index (χ0v) is 10.1. The van der Waals surface area contributed by atoms with Crippen molar-refractivity contribution >= 4 is 5.88 Å². The van der Waals surface area contributed by atoms with Crippen molar-refractivity contribution in [3.05, 3.63) is 28.0 Å². The minimum Gasteiger partial charge on any atom is -0.404 e. The number of aliphatic hydroxyl groups excluding tert-OH is 1. The maximum Gasteiger partial charge on any atom is 0.433 e. The van der Waals surface area contributed by atoms with Crippen LogP contribution in [0.4, 0.5) is 5.88 Å². The number of β-amino-alcohol motifs (C(OH)–C–C–N with tert-alkyl or cyclic N) is 1. The molecule has 2 heterocycles. The van der Waals surface area contributed by atoms with Crippen LogP contribution in [0.5, 0.6) is 0 Å². The van der Waals surface area contributed by atoms with Crippen LogP contribution in [0, 0.1) is 10.1 Å². The molecule has 0 aliphatic carbocycles. The number of aliphatic hydroxyl groups is 1. The molecule has 0 amide bonds. The Bertz CT molecular complexity index is 399. The zero-order chi connectivity index (χ0) is 13.0. The summed E-state index contributed by atoms with van der Waals surface area (Å²) in [5.74, 6) is 0.418. The Morgan fingerprint density at radius 3 is 2.50 bits per heavy atom. The third kappa shape index (κ3) is 3.28. The summed E-state index contributed by atoms with van der Waals surface area (Å²) in [6.45, 7) is 5.07. The van der Waals surface area contributed by atoms with Crippen molar-refractivity contribution < 1.29 is 14.4 Å². The first-order valence-electron chi connectivity index (χ1n) is 5.97. The summed E-state index contributed by atoms with van der Waals surface area (Å²) >= 11 is 0. The van der Waals surface area contributed by atoms with Crippen LogP contribution in [-0.4, -0.2) is 59.2 Å². The second kappa shape index (κ2) is 5.94. The van der Waals surface area contributed by atoms with Gasteiger partial charge in [-0.1, -0.05) is 0 Å². The van der Waals surface area contributed by atoms with E-state index in [-0.39, 0.29) is 12.5 Å². The van der Waals surface area contributed by atoms with E-state index < -0.39 is 4.92 Å². The third-order valence-corrected chi connectivity index (χ3v) is 3.09.